The molecule has 0 aromatic carbocycles. The fraction of sp³-hybridized carbons (Fsp3) is 0.812. The molecule has 2 fully saturated rings. The van der Waals surface area contributed by atoms with E-state index < -0.39 is 0 Å². The number of hydrogen-bond acceptors (Lipinski definition) is 5. The van der Waals surface area contributed by atoms with Crippen molar-refractivity contribution in [1.82, 2.24) is 19.6 Å². The highest BCUT2D eigenvalue weighted by Gasteiger charge is 2.45. The van der Waals surface area contributed by atoms with Gasteiger partial charge in [-0.05, 0) is 17.8 Å². The van der Waals surface area contributed by atoms with Crippen LogP contribution in [0.4, 0.5) is 5.13 Å². The molecule has 1 atom stereocenters. The fourth-order valence-electron chi connectivity index (χ4n) is 3.10. The summed E-state index contributed by atoms with van der Waals surface area (Å²) < 4.78 is 4.39. The maximum atomic E-state index is 4.60. The Morgan fingerprint density at radius 3 is 2.57 bits per heavy atom. The molecule has 1 saturated heterocycles. The average molecular weight is 337 g/mol. The van der Waals surface area contributed by atoms with Gasteiger partial charge < -0.3 is 15.1 Å². The van der Waals surface area contributed by atoms with Crippen LogP contribution in [0.25, 0.3) is 0 Å². The Balaban J connectivity index is 1.49. The Bertz CT molecular complexity index is 559. The Hall–Kier alpha value is -1.37. The number of aliphatic imine (C=N–C) groups is 1. The summed E-state index contributed by atoms with van der Waals surface area (Å²) in [6.45, 7) is 11.7. The van der Waals surface area contributed by atoms with Crippen molar-refractivity contribution in [2.45, 2.75) is 33.6 Å². The first-order valence-corrected chi connectivity index (χ1v) is 9.34. The van der Waals surface area contributed by atoms with Gasteiger partial charge in [0.05, 0.1) is 0 Å². The summed E-state index contributed by atoms with van der Waals surface area (Å²) in [6, 6.07) is 0. The average Bonchev–Trinajstić information content (AvgIpc) is 2.97. The summed E-state index contributed by atoms with van der Waals surface area (Å²) in [7, 11) is 1.88. The minimum Gasteiger partial charge on any atom is -0.356 e. The lowest BCUT2D eigenvalue weighted by molar-refractivity contribution is 0.370. The van der Waals surface area contributed by atoms with E-state index in [-0.39, 0.29) is 0 Å². The predicted octanol–water partition coefficient (Wildman–Crippen LogP) is 1.84. The third kappa shape index (κ3) is 3.76. The molecule has 0 amide bonds. The minimum absolute atomic E-state index is 0.513. The first-order valence-electron chi connectivity index (χ1n) is 8.56. The third-order valence-electron chi connectivity index (χ3n) is 5.06. The highest BCUT2D eigenvalue weighted by molar-refractivity contribution is 7.09. The number of guanidine groups is 1. The van der Waals surface area contributed by atoms with Gasteiger partial charge in [0.15, 0.2) is 5.96 Å². The van der Waals surface area contributed by atoms with Crippen LogP contribution in [0.15, 0.2) is 4.99 Å². The van der Waals surface area contributed by atoms with E-state index in [1.165, 1.54) is 18.0 Å². The van der Waals surface area contributed by atoms with Crippen LogP contribution < -0.4 is 10.2 Å². The first-order chi connectivity index (χ1) is 11.0. The van der Waals surface area contributed by atoms with E-state index in [0.29, 0.717) is 5.41 Å². The van der Waals surface area contributed by atoms with Crippen molar-refractivity contribution in [3.8, 4) is 0 Å². The number of nitrogens with one attached hydrogen (secondary N) is 1. The molecule has 1 aliphatic carbocycles. The van der Waals surface area contributed by atoms with Gasteiger partial charge in [0, 0.05) is 57.7 Å². The van der Waals surface area contributed by atoms with E-state index in [2.05, 4.69) is 50.2 Å². The van der Waals surface area contributed by atoms with Crippen LogP contribution in [0.2, 0.25) is 0 Å². The maximum Gasteiger partial charge on any atom is 0.205 e. The fourth-order valence-corrected chi connectivity index (χ4v) is 3.90. The minimum atomic E-state index is 0.513. The molecule has 7 heteroatoms. The second-order valence-electron chi connectivity index (χ2n) is 7.14. The third-order valence-corrected chi connectivity index (χ3v) is 5.87. The number of rotatable bonds is 4. The van der Waals surface area contributed by atoms with Gasteiger partial charge >= 0.3 is 0 Å². The lowest BCUT2D eigenvalue weighted by Crippen LogP contribution is -2.52. The molecule has 1 saturated carbocycles. The molecule has 23 heavy (non-hydrogen) atoms. The quantitative estimate of drug-likeness (QED) is 0.672. The molecule has 3 rings (SSSR count). The lowest BCUT2D eigenvalue weighted by Gasteiger charge is -2.36. The molecule has 0 spiro atoms. The van der Waals surface area contributed by atoms with Crippen molar-refractivity contribution in [2.24, 2.45) is 16.3 Å². The molecule has 1 aromatic rings. The summed E-state index contributed by atoms with van der Waals surface area (Å²) in [5.41, 5.74) is 0.513. The normalized spacial score (nSPS) is 24.0. The zero-order valence-corrected chi connectivity index (χ0v) is 15.5. The van der Waals surface area contributed by atoms with Gasteiger partial charge in [-0.3, -0.25) is 4.99 Å². The summed E-state index contributed by atoms with van der Waals surface area (Å²) in [5, 5.41) is 4.62. The summed E-state index contributed by atoms with van der Waals surface area (Å²) >= 11 is 1.52. The Morgan fingerprint density at radius 2 is 2.04 bits per heavy atom. The maximum absolute atomic E-state index is 4.60. The van der Waals surface area contributed by atoms with Crippen LogP contribution in [-0.4, -0.2) is 60.0 Å². The topological polar surface area (TPSA) is 56.7 Å². The molecular formula is C16H28N6S. The van der Waals surface area contributed by atoms with Crippen molar-refractivity contribution in [3.05, 3.63) is 5.82 Å². The van der Waals surface area contributed by atoms with Crippen molar-refractivity contribution < 1.29 is 0 Å². The lowest BCUT2D eigenvalue weighted by atomic mass is 10.1. The van der Waals surface area contributed by atoms with Gasteiger partial charge in [-0.2, -0.15) is 4.37 Å². The van der Waals surface area contributed by atoms with E-state index in [4.69, 9.17) is 0 Å². The zero-order valence-electron chi connectivity index (χ0n) is 14.7. The summed E-state index contributed by atoms with van der Waals surface area (Å²) in [4.78, 5) is 13.7. The van der Waals surface area contributed by atoms with Crippen LogP contribution in [-0.2, 0) is 6.42 Å². The number of piperazine rings is 1. The Morgan fingerprint density at radius 1 is 1.35 bits per heavy atom. The monoisotopic (exact) mass is 336 g/mol. The highest BCUT2D eigenvalue weighted by atomic mass is 32.1. The zero-order chi connectivity index (χ0) is 16.4. The molecule has 1 unspecified atom stereocenters. The van der Waals surface area contributed by atoms with Gasteiger partial charge in [0.25, 0.3) is 0 Å². The standard InChI is InChI=1S/C16H28N6S/c1-5-13-19-15(23-20-13)22-8-6-21(7-9-22)14(17-4)18-11-12-10-16(12,2)3/h12H,5-11H2,1-4H3,(H,17,18). The first kappa shape index (κ1) is 16.5. The van der Waals surface area contributed by atoms with Crippen molar-refractivity contribution in [2.75, 3.05) is 44.7 Å². The van der Waals surface area contributed by atoms with Crippen LogP contribution >= 0.6 is 11.5 Å². The molecule has 2 heterocycles. The van der Waals surface area contributed by atoms with E-state index in [1.807, 2.05) is 7.05 Å². The van der Waals surface area contributed by atoms with Crippen molar-refractivity contribution in [3.63, 3.8) is 0 Å². The van der Waals surface area contributed by atoms with Crippen LogP contribution in [0, 0.1) is 11.3 Å². The molecule has 128 valence electrons. The van der Waals surface area contributed by atoms with Gasteiger partial charge in [0.2, 0.25) is 5.13 Å². The number of hydrogen-bond donors (Lipinski definition) is 1. The second-order valence-corrected chi connectivity index (χ2v) is 7.87. The SMILES string of the molecule is CCc1nsc(N2CCN(C(=NC)NCC3CC3(C)C)CC2)n1. The molecule has 1 N–H and O–H groups in total. The van der Waals surface area contributed by atoms with E-state index >= 15 is 0 Å². The molecule has 2 aliphatic rings. The summed E-state index contributed by atoms with van der Waals surface area (Å²) in [5.74, 6) is 2.78. The van der Waals surface area contributed by atoms with Crippen molar-refractivity contribution >= 4 is 22.6 Å². The molecule has 1 aromatic heterocycles. The Labute approximate surface area is 143 Å². The van der Waals surface area contributed by atoms with E-state index in [9.17, 15) is 0 Å². The molecule has 6 nitrogen and oxygen atoms in total. The molecule has 0 bridgehead atoms. The predicted molar refractivity (Wildman–Crippen MR) is 96.3 cm³/mol. The number of anilines is 1. The molecule has 1 aliphatic heterocycles. The number of aryl methyl sites for hydroxylation is 1. The van der Waals surface area contributed by atoms with Crippen LogP contribution in [0.1, 0.15) is 33.0 Å². The van der Waals surface area contributed by atoms with Crippen molar-refractivity contribution in [1.29, 1.82) is 0 Å². The van der Waals surface area contributed by atoms with Gasteiger partial charge in [0.1, 0.15) is 5.82 Å². The van der Waals surface area contributed by atoms with E-state index in [0.717, 1.165) is 62.0 Å². The summed E-state index contributed by atoms with van der Waals surface area (Å²) in [6.07, 6.45) is 2.23. The molecular weight excluding hydrogens is 308 g/mol. The second kappa shape index (κ2) is 6.63. The van der Waals surface area contributed by atoms with Crippen LogP contribution in [0.5, 0.6) is 0 Å². The van der Waals surface area contributed by atoms with Gasteiger partial charge in [-0.15, -0.1) is 0 Å². The van der Waals surface area contributed by atoms with E-state index in [1.54, 1.807) is 0 Å². The van der Waals surface area contributed by atoms with Gasteiger partial charge in [-0.1, -0.05) is 20.8 Å². The smallest absolute Gasteiger partial charge is 0.205 e. The number of aromatic nitrogens is 2. The van der Waals surface area contributed by atoms with Crippen LogP contribution in [0.3, 0.4) is 0 Å². The number of nitrogens with zero attached hydrogens (tertiary/aromatic N) is 5. The highest BCUT2D eigenvalue weighted by Crippen LogP contribution is 2.50. The Kier molecular flexibility index (Phi) is 4.75. The largest absolute Gasteiger partial charge is 0.356 e. The molecule has 0 radical (unpaired) electrons. The van der Waals surface area contributed by atoms with Gasteiger partial charge in [-0.25, -0.2) is 4.98 Å².